The van der Waals surface area contributed by atoms with Crippen LogP contribution < -0.4 is 5.32 Å². The Kier molecular flexibility index (Phi) is 4.00. The highest BCUT2D eigenvalue weighted by atomic mass is 14.9. The largest absolute Gasteiger partial charge is 0.316 e. The Balaban J connectivity index is 2.04. The minimum absolute atomic E-state index is 0.743. The third-order valence-corrected chi connectivity index (χ3v) is 3.57. The summed E-state index contributed by atoms with van der Waals surface area (Å²) >= 11 is 0. The molecule has 0 heterocycles. The molecule has 1 aliphatic carbocycles. The van der Waals surface area contributed by atoms with Crippen molar-refractivity contribution in [3.8, 4) is 0 Å². The molecule has 0 aromatic heterocycles. The lowest BCUT2D eigenvalue weighted by Crippen LogP contribution is -2.24. The van der Waals surface area contributed by atoms with Crippen LogP contribution in [0.1, 0.15) is 43.2 Å². The first-order chi connectivity index (χ1) is 7.83. The molecule has 0 radical (unpaired) electrons. The van der Waals surface area contributed by atoms with Crippen LogP contribution in [0.2, 0.25) is 0 Å². The molecule has 1 nitrogen and oxygen atoms in total. The lowest BCUT2D eigenvalue weighted by molar-refractivity contribution is 0.532. The van der Waals surface area contributed by atoms with Crippen molar-refractivity contribution in [3.05, 3.63) is 35.4 Å². The molecule has 0 aliphatic heterocycles. The predicted octanol–water partition coefficient (Wildman–Crippen LogP) is 3.49. The molecule has 1 N–H and O–H groups in total. The smallest absolute Gasteiger partial charge is 0.00229 e. The van der Waals surface area contributed by atoms with E-state index in [2.05, 4.69) is 43.4 Å². The van der Waals surface area contributed by atoms with E-state index >= 15 is 0 Å². The minimum atomic E-state index is 0.743. The molecule has 1 aliphatic rings. The van der Waals surface area contributed by atoms with Crippen molar-refractivity contribution in [2.45, 2.75) is 39.0 Å². The molecule has 1 aromatic rings. The number of hydrogen-bond donors (Lipinski definition) is 1. The standard InChI is InChI=1S/C15H23N/c1-3-10-16-11-15(13-8-9-13)14-7-5-4-6-12(14)2/h4-7,13,15-16H,3,8-11H2,1-2H3. The van der Waals surface area contributed by atoms with E-state index in [0.717, 1.165) is 24.9 Å². The van der Waals surface area contributed by atoms with Gasteiger partial charge in [-0.2, -0.15) is 0 Å². The Bertz CT molecular complexity index is 328. The predicted molar refractivity (Wildman–Crippen MR) is 69.8 cm³/mol. The van der Waals surface area contributed by atoms with Gasteiger partial charge >= 0.3 is 0 Å². The molecule has 88 valence electrons. The summed E-state index contributed by atoms with van der Waals surface area (Å²) in [6.45, 7) is 6.77. The lowest BCUT2D eigenvalue weighted by Gasteiger charge is -2.19. The van der Waals surface area contributed by atoms with Gasteiger partial charge in [-0.1, -0.05) is 31.2 Å². The number of nitrogens with one attached hydrogen (secondary N) is 1. The Morgan fingerprint density at radius 2 is 2.06 bits per heavy atom. The molecule has 1 aromatic carbocycles. The van der Waals surface area contributed by atoms with Crippen LogP contribution in [0.4, 0.5) is 0 Å². The maximum atomic E-state index is 3.58. The second-order valence-corrected chi connectivity index (χ2v) is 5.00. The fraction of sp³-hybridized carbons (Fsp3) is 0.600. The van der Waals surface area contributed by atoms with Gasteiger partial charge in [-0.3, -0.25) is 0 Å². The van der Waals surface area contributed by atoms with Crippen LogP contribution >= 0.6 is 0 Å². The normalized spacial score (nSPS) is 17.4. The summed E-state index contributed by atoms with van der Waals surface area (Å²) in [6.07, 6.45) is 4.07. The zero-order chi connectivity index (χ0) is 11.4. The molecule has 2 rings (SSSR count). The van der Waals surface area contributed by atoms with Gasteiger partial charge in [-0.25, -0.2) is 0 Å². The van der Waals surface area contributed by atoms with E-state index in [1.807, 2.05) is 0 Å². The maximum absolute atomic E-state index is 3.58. The van der Waals surface area contributed by atoms with Crippen molar-refractivity contribution in [1.29, 1.82) is 0 Å². The minimum Gasteiger partial charge on any atom is -0.316 e. The highest BCUT2D eigenvalue weighted by Crippen LogP contribution is 2.43. The molecule has 0 saturated heterocycles. The van der Waals surface area contributed by atoms with Crippen molar-refractivity contribution < 1.29 is 0 Å². The third kappa shape index (κ3) is 2.85. The van der Waals surface area contributed by atoms with Gasteiger partial charge in [0.15, 0.2) is 0 Å². The Morgan fingerprint density at radius 3 is 2.69 bits per heavy atom. The summed E-state index contributed by atoms with van der Waals surface area (Å²) in [4.78, 5) is 0. The van der Waals surface area contributed by atoms with Gasteiger partial charge in [0.2, 0.25) is 0 Å². The molecule has 1 heteroatoms. The topological polar surface area (TPSA) is 12.0 Å². The first-order valence-electron chi connectivity index (χ1n) is 6.59. The summed E-state index contributed by atoms with van der Waals surface area (Å²) in [6, 6.07) is 8.87. The van der Waals surface area contributed by atoms with E-state index in [4.69, 9.17) is 0 Å². The van der Waals surface area contributed by atoms with E-state index in [1.165, 1.54) is 24.8 Å². The van der Waals surface area contributed by atoms with Gasteiger partial charge in [0.05, 0.1) is 0 Å². The zero-order valence-electron chi connectivity index (χ0n) is 10.5. The molecule has 1 fully saturated rings. The molecule has 0 bridgehead atoms. The van der Waals surface area contributed by atoms with Gasteiger partial charge < -0.3 is 5.32 Å². The molecule has 0 spiro atoms. The van der Waals surface area contributed by atoms with Crippen LogP contribution in [-0.2, 0) is 0 Å². The van der Waals surface area contributed by atoms with Crippen molar-refractivity contribution in [2.75, 3.05) is 13.1 Å². The van der Waals surface area contributed by atoms with E-state index in [0.29, 0.717) is 0 Å². The second kappa shape index (κ2) is 5.49. The van der Waals surface area contributed by atoms with E-state index < -0.39 is 0 Å². The fourth-order valence-electron chi connectivity index (χ4n) is 2.47. The van der Waals surface area contributed by atoms with Gasteiger partial charge in [0.1, 0.15) is 0 Å². The number of benzene rings is 1. The first kappa shape index (κ1) is 11.7. The Morgan fingerprint density at radius 1 is 1.31 bits per heavy atom. The van der Waals surface area contributed by atoms with Gasteiger partial charge in [0, 0.05) is 6.54 Å². The molecule has 16 heavy (non-hydrogen) atoms. The Labute approximate surface area is 99.3 Å². The fourth-order valence-corrected chi connectivity index (χ4v) is 2.47. The van der Waals surface area contributed by atoms with Gasteiger partial charge in [-0.15, -0.1) is 0 Å². The third-order valence-electron chi connectivity index (χ3n) is 3.57. The molecular formula is C15H23N. The van der Waals surface area contributed by atoms with Crippen molar-refractivity contribution in [1.82, 2.24) is 5.32 Å². The van der Waals surface area contributed by atoms with Gasteiger partial charge in [-0.05, 0) is 55.7 Å². The van der Waals surface area contributed by atoms with E-state index in [1.54, 1.807) is 5.56 Å². The van der Waals surface area contributed by atoms with Crippen LogP contribution in [0.5, 0.6) is 0 Å². The Hall–Kier alpha value is -0.820. The average molecular weight is 217 g/mol. The average Bonchev–Trinajstić information content (AvgIpc) is 3.10. The van der Waals surface area contributed by atoms with E-state index in [-0.39, 0.29) is 0 Å². The first-order valence-corrected chi connectivity index (χ1v) is 6.59. The van der Waals surface area contributed by atoms with Crippen molar-refractivity contribution >= 4 is 0 Å². The summed E-state index contributed by atoms with van der Waals surface area (Å²) in [5.74, 6) is 1.68. The molecule has 1 saturated carbocycles. The van der Waals surface area contributed by atoms with Crippen LogP contribution in [0, 0.1) is 12.8 Å². The number of rotatable bonds is 6. The lowest BCUT2D eigenvalue weighted by atomic mass is 9.90. The maximum Gasteiger partial charge on any atom is 0.00229 e. The van der Waals surface area contributed by atoms with E-state index in [9.17, 15) is 0 Å². The highest BCUT2D eigenvalue weighted by molar-refractivity contribution is 5.30. The molecule has 0 amide bonds. The summed E-state index contributed by atoms with van der Waals surface area (Å²) in [7, 11) is 0. The summed E-state index contributed by atoms with van der Waals surface area (Å²) in [5, 5.41) is 3.58. The molecular weight excluding hydrogens is 194 g/mol. The van der Waals surface area contributed by atoms with Crippen LogP contribution in [0.25, 0.3) is 0 Å². The summed E-state index contributed by atoms with van der Waals surface area (Å²) < 4.78 is 0. The van der Waals surface area contributed by atoms with Crippen molar-refractivity contribution in [3.63, 3.8) is 0 Å². The van der Waals surface area contributed by atoms with Crippen molar-refractivity contribution in [2.24, 2.45) is 5.92 Å². The zero-order valence-corrected chi connectivity index (χ0v) is 10.5. The molecule has 1 atom stereocenters. The quantitative estimate of drug-likeness (QED) is 0.719. The van der Waals surface area contributed by atoms with Crippen LogP contribution in [-0.4, -0.2) is 13.1 Å². The summed E-state index contributed by atoms with van der Waals surface area (Å²) in [5.41, 5.74) is 3.02. The van der Waals surface area contributed by atoms with Crippen LogP contribution in [0.3, 0.4) is 0 Å². The highest BCUT2D eigenvalue weighted by Gasteiger charge is 2.32. The monoisotopic (exact) mass is 217 g/mol. The second-order valence-electron chi connectivity index (χ2n) is 5.00. The molecule has 1 unspecified atom stereocenters. The number of aryl methyl sites for hydroxylation is 1. The van der Waals surface area contributed by atoms with Crippen LogP contribution in [0.15, 0.2) is 24.3 Å². The van der Waals surface area contributed by atoms with Gasteiger partial charge in [0.25, 0.3) is 0 Å². The number of hydrogen-bond acceptors (Lipinski definition) is 1. The SMILES string of the molecule is CCCNCC(c1ccccc1C)C1CC1.